The second-order valence-corrected chi connectivity index (χ2v) is 3.49. The molecule has 0 unspecified atom stereocenters. The Morgan fingerprint density at radius 2 is 1.26 bits per heavy atom. The number of hydrogen-bond donors (Lipinski definition) is 1. The van der Waals surface area contributed by atoms with Crippen LogP contribution in [0.2, 0.25) is 0 Å². The van der Waals surface area contributed by atoms with Crippen LogP contribution < -0.4 is 5.32 Å². The number of benzene rings is 1. The number of nitrogens with one attached hydrogen (secondary N) is 1. The first kappa shape index (κ1) is 17.1. The van der Waals surface area contributed by atoms with E-state index in [1.54, 1.807) is 38.1 Å². The molecule has 0 amide bonds. The lowest BCUT2D eigenvalue weighted by atomic mass is 10.1. The first-order chi connectivity index (χ1) is 9.12. The van der Waals surface area contributed by atoms with Crippen molar-refractivity contribution in [1.29, 1.82) is 0 Å². The van der Waals surface area contributed by atoms with Crippen LogP contribution in [0.1, 0.15) is 34.6 Å². The molecular weight excluding hydrogens is 246 g/mol. The molecule has 1 aromatic carbocycles. The zero-order chi connectivity index (χ0) is 14.7. The summed E-state index contributed by atoms with van der Waals surface area (Å²) >= 11 is 0. The molecule has 0 aliphatic heterocycles. The third-order valence-corrected chi connectivity index (χ3v) is 1.92. The number of rotatable bonds is 4. The van der Waals surface area contributed by atoms with Crippen LogP contribution in [0, 0.1) is 0 Å². The number of carbonyl (C=O) groups excluding carboxylic acids is 2. The fourth-order valence-corrected chi connectivity index (χ4v) is 1.26. The lowest BCUT2D eigenvalue weighted by molar-refractivity contribution is 0.0479. The summed E-state index contributed by atoms with van der Waals surface area (Å²) in [5.74, 6) is -1.02. The highest BCUT2D eigenvalue weighted by Crippen LogP contribution is 2.11. The molecule has 0 aliphatic carbocycles. The topological polar surface area (TPSA) is 64.6 Å². The van der Waals surface area contributed by atoms with Crippen molar-refractivity contribution in [2.24, 2.45) is 0 Å². The number of esters is 2. The molecule has 0 saturated carbocycles. The Hall–Kier alpha value is -1.88. The van der Waals surface area contributed by atoms with E-state index >= 15 is 0 Å². The van der Waals surface area contributed by atoms with Gasteiger partial charge in [0.05, 0.1) is 24.3 Å². The van der Waals surface area contributed by atoms with Crippen LogP contribution in [-0.4, -0.2) is 39.2 Å². The van der Waals surface area contributed by atoms with Crippen LogP contribution in [0.4, 0.5) is 0 Å². The van der Waals surface area contributed by atoms with Gasteiger partial charge in [-0.3, -0.25) is 0 Å². The van der Waals surface area contributed by atoms with E-state index in [0.29, 0.717) is 0 Å². The van der Waals surface area contributed by atoms with E-state index in [4.69, 9.17) is 9.47 Å². The summed E-state index contributed by atoms with van der Waals surface area (Å²) in [7, 11) is 3.75. The Morgan fingerprint density at radius 3 is 1.53 bits per heavy atom. The van der Waals surface area contributed by atoms with Gasteiger partial charge in [0.1, 0.15) is 0 Å². The fraction of sp³-hybridized carbons (Fsp3) is 0.429. The van der Waals surface area contributed by atoms with Gasteiger partial charge in [-0.2, -0.15) is 0 Å². The molecule has 106 valence electrons. The molecule has 0 saturated heterocycles. The summed E-state index contributed by atoms with van der Waals surface area (Å²) in [5, 5.41) is 2.75. The van der Waals surface area contributed by atoms with E-state index in [2.05, 4.69) is 5.32 Å². The molecule has 0 fully saturated rings. The highest BCUT2D eigenvalue weighted by Gasteiger charge is 2.17. The molecular formula is C14H21NO4. The zero-order valence-electron chi connectivity index (χ0n) is 11.9. The SMILES string of the molecule is CCOC(=O)c1ccccc1C(=O)OCC.CNC. The van der Waals surface area contributed by atoms with E-state index in [9.17, 15) is 9.59 Å². The Balaban J connectivity index is 0.000000982. The molecule has 5 nitrogen and oxygen atoms in total. The van der Waals surface area contributed by atoms with Gasteiger partial charge < -0.3 is 14.8 Å². The van der Waals surface area contributed by atoms with Crippen molar-refractivity contribution in [3.63, 3.8) is 0 Å². The van der Waals surface area contributed by atoms with Crippen molar-refractivity contribution in [2.75, 3.05) is 27.3 Å². The maximum absolute atomic E-state index is 11.5. The molecule has 0 spiro atoms. The summed E-state index contributed by atoms with van der Waals surface area (Å²) in [5.41, 5.74) is 0.477. The number of ether oxygens (including phenoxy) is 2. The number of hydrogen-bond acceptors (Lipinski definition) is 5. The average molecular weight is 267 g/mol. The van der Waals surface area contributed by atoms with Crippen molar-refractivity contribution in [2.45, 2.75) is 13.8 Å². The van der Waals surface area contributed by atoms with Gasteiger partial charge in [0, 0.05) is 0 Å². The van der Waals surface area contributed by atoms with Crippen LogP contribution >= 0.6 is 0 Å². The Kier molecular flexibility index (Phi) is 9.08. The van der Waals surface area contributed by atoms with Gasteiger partial charge in [0.25, 0.3) is 0 Å². The van der Waals surface area contributed by atoms with E-state index in [1.807, 2.05) is 14.1 Å². The molecule has 0 bridgehead atoms. The standard InChI is InChI=1S/C12H14O4.C2H7N/c1-3-15-11(13)9-7-5-6-8-10(9)12(14)16-4-2;1-3-2/h5-8H,3-4H2,1-2H3;3H,1-2H3. The maximum atomic E-state index is 11.5. The van der Waals surface area contributed by atoms with Gasteiger partial charge in [-0.05, 0) is 40.1 Å². The third-order valence-electron chi connectivity index (χ3n) is 1.92. The van der Waals surface area contributed by atoms with E-state index in [-0.39, 0.29) is 24.3 Å². The van der Waals surface area contributed by atoms with Crippen LogP contribution in [0.25, 0.3) is 0 Å². The molecule has 0 atom stereocenters. The lowest BCUT2D eigenvalue weighted by Crippen LogP contribution is -2.13. The maximum Gasteiger partial charge on any atom is 0.338 e. The minimum atomic E-state index is -0.508. The van der Waals surface area contributed by atoms with Crippen molar-refractivity contribution in [3.8, 4) is 0 Å². The van der Waals surface area contributed by atoms with E-state index in [1.165, 1.54) is 0 Å². The van der Waals surface area contributed by atoms with Gasteiger partial charge in [0.2, 0.25) is 0 Å². The minimum absolute atomic E-state index is 0.239. The highest BCUT2D eigenvalue weighted by molar-refractivity contribution is 6.03. The second kappa shape index (κ2) is 10.1. The van der Waals surface area contributed by atoms with Crippen LogP contribution in [0.15, 0.2) is 24.3 Å². The molecule has 0 aliphatic rings. The Labute approximate surface area is 113 Å². The third kappa shape index (κ3) is 6.01. The van der Waals surface area contributed by atoms with Gasteiger partial charge in [-0.15, -0.1) is 0 Å². The van der Waals surface area contributed by atoms with Crippen LogP contribution in [0.5, 0.6) is 0 Å². The fourth-order valence-electron chi connectivity index (χ4n) is 1.26. The summed E-state index contributed by atoms with van der Waals surface area (Å²) in [6.07, 6.45) is 0. The smallest absolute Gasteiger partial charge is 0.338 e. The van der Waals surface area contributed by atoms with Crippen molar-refractivity contribution in [3.05, 3.63) is 35.4 Å². The Bertz CT molecular complexity index is 367. The first-order valence-electron chi connectivity index (χ1n) is 6.14. The number of carbonyl (C=O) groups is 2. The predicted octanol–water partition coefficient (Wildman–Crippen LogP) is 1.88. The summed E-state index contributed by atoms with van der Waals surface area (Å²) in [6.45, 7) is 3.97. The van der Waals surface area contributed by atoms with Crippen LogP contribution in [0.3, 0.4) is 0 Å². The van der Waals surface area contributed by atoms with Gasteiger partial charge in [-0.1, -0.05) is 12.1 Å². The van der Waals surface area contributed by atoms with Crippen LogP contribution in [-0.2, 0) is 9.47 Å². The second-order valence-electron chi connectivity index (χ2n) is 3.49. The first-order valence-corrected chi connectivity index (χ1v) is 6.14. The molecule has 1 N–H and O–H groups in total. The van der Waals surface area contributed by atoms with Crippen molar-refractivity contribution < 1.29 is 19.1 Å². The van der Waals surface area contributed by atoms with Crippen molar-refractivity contribution >= 4 is 11.9 Å². The molecule has 5 heteroatoms. The molecule has 19 heavy (non-hydrogen) atoms. The molecule has 0 aromatic heterocycles. The molecule has 0 radical (unpaired) electrons. The largest absolute Gasteiger partial charge is 0.462 e. The monoisotopic (exact) mass is 267 g/mol. The minimum Gasteiger partial charge on any atom is -0.462 e. The van der Waals surface area contributed by atoms with Gasteiger partial charge in [-0.25, -0.2) is 9.59 Å². The quantitative estimate of drug-likeness (QED) is 0.844. The molecule has 0 heterocycles. The molecule has 1 rings (SSSR count). The summed E-state index contributed by atoms with van der Waals surface area (Å²) in [6, 6.07) is 6.44. The lowest BCUT2D eigenvalue weighted by Gasteiger charge is -2.07. The van der Waals surface area contributed by atoms with Gasteiger partial charge in [0.15, 0.2) is 0 Å². The predicted molar refractivity (Wildman–Crippen MR) is 73.3 cm³/mol. The normalized spacial score (nSPS) is 9.05. The van der Waals surface area contributed by atoms with Gasteiger partial charge >= 0.3 is 11.9 Å². The highest BCUT2D eigenvalue weighted by atomic mass is 16.5. The van der Waals surface area contributed by atoms with E-state index in [0.717, 1.165) is 0 Å². The van der Waals surface area contributed by atoms with E-state index < -0.39 is 11.9 Å². The average Bonchev–Trinajstić information content (AvgIpc) is 2.40. The Morgan fingerprint density at radius 1 is 0.947 bits per heavy atom. The zero-order valence-corrected chi connectivity index (χ0v) is 11.9. The summed E-state index contributed by atoms with van der Waals surface area (Å²) in [4.78, 5) is 23.1. The van der Waals surface area contributed by atoms with Crippen molar-refractivity contribution in [1.82, 2.24) is 5.32 Å². The summed E-state index contributed by atoms with van der Waals surface area (Å²) < 4.78 is 9.70. The molecule has 1 aromatic rings.